The third-order valence-corrected chi connectivity index (χ3v) is 4.00. The fraction of sp³-hybridized carbons (Fsp3) is 0.462. The van der Waals surface area contributed by atoms with Crippen LogP contribution in [0.5, 0.6) is 0 Å². The lowest BCUT2D eigenvalue weighted by molar-refractivity contribution is -0.109. The van der Waals surface area contributed by atoms with Gasteiger partial charge < -0.3 is 0 Å². The molecule has 1 aromatic carbocycles. The van der Waals surface area contributed by atoms with Crippen molar-refractivity contribution in [2.75, 3.05) is 13.1 Å². The van der Waals surface area contributed by atoms with E-state index in [1.807, 2.05) is 6.07 Å². The topological polar surface area (TPSA) is 20.3 Å². The van der Waals surface area contributed by atoms with Crippen LogP contribution in [0.4, 0.5) is 0 Å². The molecule has 1 atom stereocenters. The Morgan fingerprint density at radius 1 is 1.38 bits per heavy atom. The first-order chi connectivity index (χ1) is 7.66. The smallest absolute Gasteiger partial charge is 0.186 e. The molecule has 1 aliphatic rings. The normalized spacial score (nSPS) is 19.1. The van der Waals surface area contributed by atoms with Crippen LogP contribution < -0.4 is 0 Å². The van der Waals surface area contributed by atoms with Gasteiger partial charge in [0.05, 0.1) is 0 Å². The van der Waals surface area contributed by atoms with Gasteiger partial charge in [-0.05, 0) is 12.5 Å². The molecule has 0 aliphatic carbocycles. The van der Waals surface area contributed by atoms with Gasteiger partial charge in [0.1, 0.15) is 0 Å². The Kier molecular flexibility index (Phi) is 3.66. The predicted octanol–water partition coefficient (Wildman–Crippen LogP) is 2.71. The maximum Gasteiger partial charge on any atom is 0.186 e. The summed E-state index contributed by atoms with van der Waals surface area (Å²) in [6.07, 6.45) is 0. The fourth-order valence-corrected chi connectivity index (χ4v) is 3.04. The molecule has 0 saturated carbocycles. The van der Waals surface area contributed by atoms with Crippen LogP contribution in [0.15, 0.2) is 30.3 Å². The van der Waals surface area contributed by atoms with Gasteiger partial charge in [-0.2, -0.15) is 0 Å². The monoisotopic (exact) mass is 235 g/mol. The van der Waals surface area contributed by atoms with Gasteiger partial charge >= 0.3 is 0 Å². The Labute approximate surface area is 101 Å². The summed E-state index contributed by atoms with van der Waals surface area (Å²) in [5, 5.41) is 0.737. The molecule has 0 amide bonds. The summed E-state index contributed by atoms with van der Waals surface area (Å²) in [5.74, 6) is 0. The Bertz CT molecular complexity index is 359. The zero-order valence-electron chi connectivity index (χ0n) is 9.72. The predicted molar refractivity (Wildman–Crippen MR) is 68.5 cm³/mol. The molecule has 1 saturated heterocycles. The van der Waals surface area contributed by atoms with Crippen molar-refractivity contribution in [3.8, 4) is 0 Å². The summed E-state index contributed by atoms with van der Waals surface area (Å²) in [6.45, 7) is 5.93. The molecule has 86 valence electrons. The highest BCUT2D eigenvalue weighted by Gasteiger charge is 2.31. The van der Waals surface area contributed by atoms with Gasteiger partial charge in [-0.15, -0.1) is 0 Å². The summed E-state index contributed by atoms with van der Waals surface area (Å²) in [4.78, 5) is 13.4. The zero-order chi connectivity index (χ0) is 11.5. The van der Waals surface area contributed by atoms with Crippen molar-refractivity contribution in [3.63, 3.8) is 0 Å². The minimum absolute atomic E-state index is 0.233. The van der Waals surface area contributed by atoms with Gasteiger partial charge in [-0.25, -0.2) is 0 Å². The molecular weight excluding hydrogens is 218 g/mol. The summed E-state index contributed by atoms with van der Waals surface area (Å²) in [6, 6.07) is 11.0. The van der Waals surface area contributed by atoms with E-state index in [2.05, 4.69) is 36.1 Å². The van der Waals surface area contributed by atoms with Gasteiger partial charge in [0.2, 0.25) is 0 Å². The van der Waals surface area contributed by atoms with E-state index in [4.69, 9.17) is 0 Å². The second-order valence-electron chi connectivity index (χ2n) is 4.27. The Morgan fingerprint density at radius 2 is 2.00 bits per heavy atom. The van der Waals surface area contributed by atoms with E-state index in [-0.39, 0.29) is 5.12 Å². The van der Waals surface area contributed by atoms with E-state index >= 15 is 0 Å². The Hall–Kier alpha value is -0.800. The van der Waals surface area contributed by atoms with Crippen LogP contribution in [0.2, 0.25) is 0 Å². The van der Waals surface area contributed by atoms with Gasteiger partial charge in [0.25, 0.3) is 0 Å². The molecule has 1 aromatic rings. The molecular formula is C13H17NOS. The Balaban J connectivity index is 1.86. The van der Waals surface area contributed by atoms with E-state index < -0.39 is 0 Å². The summed E-state index contributed by atoms with van der Waals surface area (Å²) >= 11 is 1.48. The van der Waals surface area contributed by atoms with Gasteiger partial charge in [-0.1, -0.05) is 42.1 Å². The quantitative estimate of drug-likeness (QED) is 0.803. The number of thioether (sulfide) groups is 1. The molecule has 16 heavy (non-hydrogen) atoms. The summed E-state index contributed by atoms with van der Waals surface area (Å²) in [5.41, 5.74) is 1.36. The maximum atomic E-state index is 10.9. The van der Waals surface area contributed by atoms with Crippen molar-refractivity contribution in [3.05, 3.63) is 35.9 Å². The van der Waals surface area contributed by atoms with Crippen LogP contribution in [0.25, 0.3) is 0 Å². The second kappa shape index (κ2) is 5.02. The molecule has 2 rings (SSSR count). The Morgan fingerprint density at radius 3 is 2.56 bits per heavy atom. The lowest BCUT2D eigenvalue weighted by atomic mass is 10.0. The fourth-order valence-electron chi connectivity index (χ4n) is 2.04. The summed E-state index contributed by atoms with van der Waals surface area (Å²) < 4.78 is 0. The van der Waals surface area contributed by atoms with Crippen LogP contribution in [0.1, 0.15) is 25.5 Å². The third-order valence-electron chi connectivity index (χ3n) is 3.04. The van der Waals surface area contributed by atoms with Gasteiger partial charge in [-0.3, -0.25) is 9.69 Å². The molecule has 1 fully saturated rings. The molecule has 0 aromatic heterocycles. The number of likely N-dealkylation sites (tertiary alicyclic amines) is 1. The van der Waals surface area contributed by atoms with Gasteiger partial charge in [0.15, 0.2) is 5.12 Å². The van der Waals surface area contributed by atoms with Crippen LogP contribution >= 0.6 is 11.8 Å². The molecule has 0 unspecified atom stereocenters. The van der Waals surface area contributed by atoms with Crippen LogP contribution in [0, 0.1) is 0 Å². The lowest BCUT2D eigenvalue weighted by Crippen LogP contribution is -2.50. The molecule has 0 radical (unpaired) electrons. The third kappa shape index (κ3) is 2.66. The average molecular weight is 235 g/mol. The minimum Gasteiger partial charge on any atom is -0.294 e. The summed E-state index contributed by atoms with van der Waals surface area (Å²) in [7, 11) is 0. The van der Waals surface area contributed by atoms with Crippen LogP contribution in [0.3, 0.4) is 0 Å². The van der Waals surface area contributed by atoms with E-state index in [0.717, 1.165) is 13.1 Å². The molecule has 0 spiro atoms. The molecule has 3 heteroatoms. The largest absolute Gasteiger partial charge is 0.294 e. The number of nitrogens with zero attached hydrogens (tertiary/aromatic N) is 1. The van der Waals surface area contributed by atoms with E-state index in [1.165, 1.54) is 17.3 Å². The van der Waals surface area contributed by atoms with Crippen molar-refractivity contribution in [2.45, 2.75) is 25.1 Å². The van der Waals surface area contributed by atoms with E-state index in [1.54, 1.807) is 6.92 Å². The molecule has 0 bridgehead atoms. The first-order valence-electron chi connectivity index (χ1n) is 5.63. The number of benzene rings is 1. The number of hydrogen-bond acceptors (Lipinski definition) is 3. The first-order valence-corrected chi connectivity index (χ1v) is 6.51. The second-order valence-corrected chi connectivity index (χ2v) is 5.75. The number of carbonyl (C=O) groups is 1. The SMILES string of the molecule is CC(=O)SC1CN([C@@H](C)c2ccccc2)C1. The standard InChI is InChI=1S/C13H17NOS/c1-10(12-6-4-3-5-7-12)14-8-13(9-14)16-11(2)15/h3-7,10,13H,8-9H2,1-2H3/t10-/m0/s1. The van der Waals surface area contributed by atoms with Gasteiger partial charge in [0, 0.05) is 31.3 Å². The molecule has 1 heterocycles. The van der Waals surface area contributed by atoms with Crippen molar-refractivity contribution >= 4 is 16.9 Å². The lowest BCUT2D eigenvalue weighted by Gasteiger charge is -2.42. The first kappa shape index (κ1) is 11.7. The highest BCUT2D eigenvalue weighted by molar-refractivity contribution is 8.14. The van der Waals surface area contributed by atoms with E-state index in [0.29, 0.717) is 11.3 Å². The molecule has 1 aliphatic heterocycles. The minimum atomic E-state index is 0.233. The molecule has 0 N–H and O–H groups in total. The number of hydrogen-bond donors (Lipinski definition) is 0. The maximum absolute atomic E-state index is 10.9. The van der Waals surface area contributed by atoms with Crippen LogP contribution in [-0.4, -0.2) is 28.4 Å². The zero-order valence-corrected chi connectivity index (χ0v) is 10.5. The van der Waals surface area contributed by atoms with Crippen molar-refractivity contribution in [2.24, 2.45) is 0 Å². The van der Waals surface area contributed by atoms with E-state index in [9.17, 15) is 4.79 Å². The number of rotatable bonds is 3. The number of carbonyl (C=O) groups excluding carboxylic acids is 1. The highest BCUT2D eigenvalue weighted by atomic mass is 32.2. The molecule has 2 nitrogen and oxygen atoms in total. The van der Waals surface area contributed by atoms with Crippen molar-refractivity contribution in [1.29, 1.82) is 0 Å². The van der Waals surface area contributed by atoms with Crippen molar-refractivity contribution < 1.29 is 4.79 Å². The highest BCUT2D eigenvalue weighted by Crippen LogP contribution is 2.30. The van der Waals surface area contributed by atoms with Crippen LogP contribution in [-0.2, 0) is 4.79 Å². The van der Waals surface area contributed by atoms with Crippen molar-refractivity contribution in [1.82, 2.24) is 4.90 Å². The average Bonchev–Trinajstić information content (AvgIpc) is 2.23.